The van der Waals surface area contributed by atoms with Crippen LogP contribution in [-0.2, 0) is 9.47 Å². The van der Waals surface area contributed by atoms with E-state index in [-0.39, 0.29) is 6.04 Å². The van der Waals surface area contributed by atoms with Gasteiger partial charge in [0.1, 0.15) is 0 Å². The molecule has 1 aromatic rings. The van der Waals surface area contributed by atoms with E-state index in [9.17, 15) is 0 Å². The molecule has 1 aromatic carbocycles. The Balaban J connectivity index is 2.88. The number of aryl methyl sites for hydroxylation is 1. The molecule has 0 saturated carbocycles. The van der Waals surface area contributed by atoms with Crippen molar-refractivity contribution >= 4 is 15.9 Å². The van der Waals surface area contributed by atoms with Crippen molar-refractivity contribution in [3.8, 4) is 0 Å². The van der Waals surface area contributed by atoms with Crippen LogP contribution in [0, 0.1) is 6.92 Å². The largest absolute Gasteiger partial charge is 0.383 e. The monoisotopic (exact) mass is 344 g/mol. The van der Waals surface area contributed by atoms with Gasteiger partial charge in [-0.15, -0.1) is 0 Å². The number of hydrogen-bond acceptors (Lipinski definition) is 4. The van der Waals surface area contributed by atoms with Crippen LogP contribution < -0.4 is 5.73 Å². The lowest BCUT2D eigenvalue weighted by atomic mass is 10.0. The highest BCUT2D eigenvalue weighted by Crippen LogP contribution is 2.24. The molecular formula is C15H25BrN2O2. The van der Waals surface area contributed by atoms with Crippen molar-refractivity contribution in [1.29, 1.82) is 0 Å². The molecule has 1 atom stereocenters. The summed E-state index contributed by atoms with van der Waals surface area (Å²) >= 11 is 3.54. The molecule has 0 radical (unpaired) electrons. The maximum absolute atomic E-state index is 6.00. The maximum atomic E-state index is 6.00. The Bertz CT molecular complexity index is 393. The number of ether oxygens (including phenoxy) is 2. The van der Waals surface area contributed by atoms with E-state index in [1.54, 1.807) is 14.2 Å². The zero-order valence-electron chi connectivity index (χ0n) is 12.6. The van der Waals surface area contributed by atoms with Crippen LogP contribution in [0.1, 0.15) is 17.2 Å². The summed E-state index contributed by atoms with van der Waals surface area (Å²) < 4.78 is 11.5. The first-order valence-electron chi connectivity index (χ1n) is 6.82. The lowest BCUT2D eigenvalue weighted by Crippen LogP contribution is -2.38. The quantitative estimate of drug-likeness (QED) is 0.746. The first-order valence-corrected chi connectivity index (χ1v) is 7.61. The molecule has 0 aliphatic rings. The van der Waals surface area contributed by atoms with Crippen LogP contribution in [0.25, 0.3) is 0 Å². The Labute approximate surface area is 130 Å². The Hall–Kier alpha value is -0.460. The van der Waals surface area contributed by atoms with Crippen LogP contribution in [-0.4, -0.2) is 52.0 Å². The highest BCUT2D eigenvalue weighted by molar-refractivity contribution is 9.10. The van der Waals surface area contributed by atoms with Gasteiger partial charge in [-0.2, -0.15) is 0 Å². The second kappa shape index (κ2) is 9.47. The van der Waals surface area contributed by atoms with E-state index in [4.69, 9.17) is 15.2 Å². The van der Waals surface area contributed by atoms with Gasteiger partial charge in [0, 0.05) is 44.4 Å². The standard InChI is InChI=1S/C15H25BrN2O2/c1-12-10-13(4-5-14(12)16)15(11-17)18(6-8-19-2)7-9-20-3/h4-5,10,15H,6-9,11,17H2,1-3H3. The van der Waals surface area contributed by atoms with Crippen molar-refractivity contribution in [2.45, 2.75) is 13.0 Å². The predicted molar refractivity (Wildman–Crippen MR) is 86.0 cm³/mol. The normalized spacial score (nSPS) is 12.9. The summed E-state index contributed by atoms with van der Waals surface area (Å²) in [5.41, 5.74) is 8.46. The molecular weight excluding hydrogens is 320 g/mol. The van der Waals surface area contributed by atoms with Crippen molar-refractivity contribution in [1.82, 2.24) is 4.90 Å². The highest BCUT2D eigenvalue weighted by atomic mass is 79.9. The van der Waals surface area contributed by atoms with Gasteiger partial charge in [0.2, 0.25) is 0 Å². The molecule has 0 fully saturated rings. The third kappa shape index (κ3) is 5.14. The van der Waals surface area contributed by atoms with Gasteiger partial charge in [-0.05, 0) is 24.1 Å². The van der Waals surface area contributed by atoms with Gasteiger partial charge in [-0.25, -0.2) is 0 Å². The molecule has 0 aliphatic carbocycles. The van der Waals surface area contributed by atoms with Crippen molar-refractivity contribution in [2.24, 2.45) is 5.73 Å². The second-order valence-electron chi connectivity index (χ2n) is 4.78. The molecule has 0 heterocycles. The number of benzene rings is 1. The zero-order valence-corrected chi connectivity index (χ0v) is 14.1. The van der Waals surface area contributed by atoms with Crippen LogP contribution in [0.15, 0.2) is 22.7 Å². The summed E-state index contributed by atoms with van der Waals surface area (Å²) in [6, 6.07) is 6.58. The Morgan fingerprint density at radius 1 is 1.20 bits per heavy atom. The summed E-state index contributed by atoms with van der Waals surface area (Å²) in [5.74, 6) is 0. The van der Waals surface area contributed by atoms with Crippen LogP contribution in [0.4, 0.5) is 0 Å². The Kier molecular flexibility index (Phi) is 8.33. The van der Waals surface area contributed by atoms with E-state index in [2.05, 4.69) is 46.0 Å². The Morgan fingerprint density at radius 3 is 2.25 bits per heavy atom. The second-order valence-corrected chi connectivity index (χ2v) is 5.64. The van der Waals surface area contributed by atoms with Crippen molar-refractivity contribution in [3.63, 3.8) is 0 Å². The third-order valence-electron chi connectivity index (χ3n) is 3.40. The number of hydrogen-bond donors (Lipinski definition) is 1. The molecule has 5 heteroatoms. The van der Waals surface area contributed by atoms with Gasteiger partial charge in [0.25, 0.3) is 0 Å². The summed E-state index contributed by atoms with van der Waals surface area (Å²) in [6.07, 6.45) is 0. The smallest absolute Gasteiger partial charge is 0.0589 e. The van der Waals surface area contributed by atoms with Gasteiger partial charge in [-0.3, -0.25) is 4.90 Å². The molecule has 0 aromatic heterocycles. The summed E-state index contributed by atoms with van der Waals surface area (Å²) in [6.45, 7) is 5.74. The summed E-state index contributed by atoms with van der Waals surface area (Å²) in [7, 11) is 3.44. The molecule has 0 saturated heterocycles. The van der Waals surface area contributed by atoms with Crippen LogP contribution in [0.2, 0.25) is 0 Å². The average Bonchev–Trinajstić information content (AvgIpc) is 2.45. The van der Waals surface area contributed by atoms with E-state index in [1.807, 2.05) is 0 Å². The fourth-order valence-corrected chi connectivity index (χ4v) is 2.46. The molecule has 0 bridgehead atoms. The molecule has 1 unspecified atom stereocenters. The SMILES string of the molecule is COCCN(CCOC)C(CN)c1ccc(Br)c(C)c1. The fourth-order valence-electron chi connectivity index (χ4n) is 2.21. The molecule has 4 nitrogen and oxygen atoms in total. The van der Waals surface area contributed by atoms with Crippen molar-refractivity contribution in [3.05, 3.63) is 33.8 Å². The van der Waals surface area contributed by atoms with Gasteiger partial charge in [-0.1, -0.05) is 28.1 Å². The van der Waals surface area contributed by atoms with Crippen LogP contribution in [0.5, 0.6) is 0 Å². The first kappa shape index (κ1) is 17.6. The van der Waals surface area contributed by atoms with E-state index < -0.39 is 0 Å². The highest BCUT2D eigenvalue weighted by Gasteiger charge is 2.19. The molecule has 114 valence electrons. The summed E-state index contributed by atoms with van der Waals surface area (Å²) in [5, 5.41) is 0. The van der Waals surface area contributed by atoms with Crippen molar-refractivity contribution in [2.75, 3.05) is 47.1 Å². The van der Waals surface area contributed by atoms with Gasteiger partial charge >= 0.3 is 0 Å². The lowest BCUT2D eigenvalue weighted by molar-refractivity contribution is 0.0891. The number of nitrogens with two attached hydrogens (primary N) is 1. The average molecular weight is 345 g/mol. The molecule has 0 amide bonds. The topological polar surface area (TPSA) is 47.7 Å². The van der Waals surface area contributed by atoms with E-state index in [1.165, 1.54) is 11.1 Å². The molecule has 1 rings (SSSR count). The third-order valence-corrected chi connectivity index (χ3v) is 4.29. The summed E-state index contributed by atoms with van der Waals surface area (Å²) in [4.78, 5) is 2.32. The molecule has 0 aliphatic heterocycles. The van der Waals surface area contributed by atoms with Crippen LogP contribution in [0.3, 0.4) is 0 Å². The minimum absolute atomic E-state index is 0.187. The number of nitrogens with zero attached hydrogens (tertiary/aromatic N) is 1. The predicted octanol–water partition coefficient (Wildman–Crippen LogP) is 2.35. The van der Waals surface area contributed by atoms with E-state index in [0.29, 0.717) is 19.8 Å². The molecule has 20 heavy (non-hydrogen) atoms. The molecule has 2 N–H and O–H groups in total. The fraction of sp³-hybridized carbons (Fsp3) is 0.600. The van der Waals surface area contributed by atoms with Crippen molar-refractivity contribution < 1.29 is 9.47 Å². The van der Waals surface area contributed by atoms with Crippen LogP contribution >= 0.6 is 15.9 Å². The van der Waals surface area contributed by atoms with Gasteiger partial charge in [0.15, 0.2) is 0 Å². The van der Waals surface area contributed by atoms with E-state index in [0.717, 1.165) is 17.6 Å². The Morgan fingerprint density at radius 2 is 1.80 bits per heavy atom. The molecule has 0 spiro atoms. The minimum Gasteiger partial charge on any atom is -0.383 e. The first-order chi connectivity index (χ1) is 9.63. The number of methoxy groups -OCH3 is 2. The van der Waals surface area contributed by atoms with Gasteiger partial charge in [0.05, 0.1) is 13.2 Å². The minimum atomic E-state index is 0.187. The lowest BCUT2D eigenvalue weighted by Gasteiger charge is -2.31. The zero-order chi connectivity index (χ0) is 15.0. The number of rotatable bonds is 9. The number of halogens is 1. The van der Waals surface area contributed by atoms with Gasteiger partial charge < -0.3 is 15.2 Å². The van der Waals surface area contributed by atoms with E-state index >= 15 is 0 Å². The maximum Gasteiger partial charge on any atom is 0.0589 e.